The van der Waals surface area contributed by atoms with Crippen molar-refractivity contribution in [2.24, 2.45) is 0 Å². The monoisotopic (exact) mass is 358 g/mol. The molecule has 2 aromatic carbocycles. The molecule has 0 aliphatic rings. The summed E-state index contributed by atoms with van der Waals surface area (Å²) in [5.74, 6) is -0.896. The quantitative estimate of drug-likeness (QED) is 0.483. The maximum Gasteiger partial charge on any atom is 0.338 e. The summed E-state index contributed by atoms with van der Waals surface area (Å²) >= 11 is 0. The van der Waals surface area contributed by atoms with Crippen molar-refractivity contribution in [2.45, 2.75) is 13.8 Å². The highest BCUT2D eigenvalue weighted by molar-refractivity contribution is 5.96. The number of hydrogen-bond donors (Lipinski definition) is 1. The van der Waals surface area contributed by atoms with E-state index in [4.69, 9.17) is 9.47 Å². The number of nitrogens with zero attached hydrogens (tertiary/aromatic N) is 1. The van der Waals surface area contributed by atoms with E-state index < -0.39 is 23.4 Å². The third-order valence-electron chi connectivity index (χ3n) is 3.60. The number of ether oxygens (including phenoxy) is 2. The number of hydrogen-bond acceptors (Lipinski definition) is 6. The number of anilines is 1. The third kappa shape index (κ3) is 4.56. The van der Waals surface area contributed by atoms with Crippen LogP contribution in [0.1, 0.15) is 21.5 Å². The number of methoxy groups -OCH3 is 1. The van der Waals surface area contributed by atoms with Gasteiger partial charge in [-0.05, 0) is 37.6 Å². The van der Waals surface area contributed by atoms with E-state index in [1.165, 1.54) is 19.2 Å². The SMILES string of the molecule is COc1ccc(C)cc1NC(=O)COC(=O)c1ccc(C)c([N+](=O)[O-])c1. The summed E-state index contributed by atoms with van der Waals surface area (Å²) in [5, 5.41) is 13.5. The van der Waals surface area contributed by atoms with Crippen molar-refractivity contribution in [3.05, 3.63) is 63.2 Å². The molecule has 0 heterocycles. The Hall–Kier alpha value is -3.42. The van der Waals surface area contributed by atoms with Crippen molar-refractivity contribution in [1.29, 1.82) is 0 Å². The molecule has 0 aliphatic carbocycles. The molecule has 26 heavy (non-hydrogen) atoms. The molecule has 2 aromatic rings. The molecular formula is C18H18N2O6. The lowest BCUT2D eigenvalue weighted by Crippen LogP contribution is -2.21. The molecule has 0 spiro atoms. The fraction of sp³-hybridized carbons (Fsp3) is 0.222. The molecule has 0 bridgehead atoms. The molecule has 0 saturated carbocycles. The van der Waals surface area contributed by atoms with Crippen LogP contribution in [0.4, 0.5) is 11.4 Å². The number of aryl methyl sites for hydroxylation is 2. The lowest BCUT2D eigenvalue weighted by molar-refractivity contribution is -0.385. The van der Waals surface area contributed by atoms with Crippen molar-refractivity contribution in [3.63, 3.8) is 0 Å². The van der Waals surface area contributed by atoms with Gasteiger partial charge in [0.25, 0.3) is 11.6 Å². The van der Waals surface area contributed by atoms with Gasteiger partial charge in [0.15, 0.2) is 6.61 Å². The van der Waals surface area contributed by atoms with Crippen molar-refractivity contribution in [2.75, 3.05) is 19.0 Å². The van der Waals surface area contributed by atoms with Crippen LogP contribution < -0.4 is 10.1 Å². The van der Waals surface area contributed by atoms with Crippen LogP contribution in [0, 0.1) is 24.0 Å². The Balaban J connectivity index is 2.01. The van der Waals surface area contributed by atoms with Gasteiger partial charge in [0.05, 0.1) is 23.3 Å². The Morgan fingerprint density at radius 2 is 1.88 bits per heavy atom. The Bertz CT molecular complexity index is 863. The maximum absolute atomic E-state index is 12.0. The van der Waals surface area contributed by atoms with Gasteiger partial charge in [-0.2, -0.15) is 0 Å². The zero-order valence-corrected chi connectivity index (χ0v) is 14.6. The van der Waals surface area contributed by atoms with Crippen molar-refractivity contribution in [3.8, 4) is 5.75 Å². The number of carbonyl (C=O) groups excluding carboxylic acids is 2. The molecule has 8 heteroatoms. The zero-order chi connectivity index (χ0) is 19.3. The second-order valence-electron chi connectivity index (χ2n) is 5.59. The third-order valence-corrected chi connectivity index (χ3v) is 3.60. The van der Waals surface area contributed by atoms with Crippen molar-refractivity contribution >= 4 is 23.3 Å². The first-order valence-electron chi connectivity index (χ1n) is 7.68. The molecule has 8 nitrogen and oxygen atoms in total. The highest BCUT2D eigenvalue weighted by Crippen LogP contribution is 2.25. The summed E-state index contributed by atoms with van der Waals surface area (Å²) in [4.78, 5) is 34.4. The summed E-state index contributed by atoms with van der Waals surface area (Å²) in [6.45, 7) is 2.90. The molecule has 0 atom stereocenters. The first kappa shape index (κ1) is 18.9. The predicted molar refractivity (Wildman–Crippen MR) is 94.5 cm³/mol. The summed E-state index contributed by atoms with van der Waals surface area (Å²) in [5.41, 5.74) is 1.62. The van der Waals surface area contributed by atoms with Crippen LogP contribution in [0.3, 0.4) is 0 Å². The normalized spacial score (nSPS) is 10.1. The van der Waals surface area contributed by atoms with E-state index >= 15 is 0 Å². The second-order valence-corrected chi connectivity index (χ2v) is 5.59. The fourth-order valence-corrected chi connectivity index (χ4v) is 2.25. The van der Waals surface area contributed by atoms with E-state index in [-0.39, 0.29) is 11.3 Å². The van der Waals surface area contributed by atoms with Gasteiger partial charge >= 0.3 is 5.97 Å². The fourth-order valence-electron chi connectivity index (χ4n) is 2.25. The number of amides is 1. The summed E-state index contributed by atoms with van der Waals surface area (Å²) < 4.78 is 10.1. The molecule has 2 rings (SSSR count). The number of nitro groups is 1. The Labute approximate surface area is 149 Å². The summed E-state index contributed by atoms with van der Waals surface area (Å²) in [7, 11) is 1.48. The van der Waals surface area contributed by atoms with Crippen molar-refractivity contribution < 1.29 is 24.0 Å². The summed E-state index contributed by atoms with van der Waals surface area (Å²) in [6, 6.07) is 9.25. The minimum Gasteiger partial charge on any atom is -0.495 e. The molecule has 1 N–H and O–H groups in total. The van der Waals surface area contributed by atoms with E-state index in [1.54, 1.807) is 19.1 Å². The molecule has 0 radical (unpaired) electrons. The van der Waals surface area contributed by atoms with Crippen LogP contribution in [0.2, 0.25) is 0 Å². The average Bonchev–Trinajstić information content (AvgIpc) is 2.60. The number of carbonyl (C=O) groups is 2. The molecular weight excluding hydrogens is 340 g/mol. The zero-order valence-electron chi connectivity index (χ0n) is 14.6. The van der Waals surface area contributed by atoms with Gasteiger partial charge in [0.2, 0.25) is 0 Å². The van der Waals surface area contributed by atoms with Gasteiger partial charge in [-0.25, -0.2) is 4.79 Å². The minimum absolute atomic E-state index is 0.00300. The molecule has 1 amide bonds. The number of benzene rings is 2. The first-order valence-corrected chi connectivity index (χ1v) is 7.68. The Kier molecular flexibility index (Phi) is 5.90. The van der Waals surface area contributed by atoms with Crippen LogP contribution in [-0.4, -0.2) is 30.5 Å². The largest absolute Gasteiger partial charge is 0.495 e. The van der Waals surface area contributed by atoms with E-state index in [2.05, 4.69) is 5.32 Å². The number of nitrogens with one attached hydrogen (secondary N) is 1. The Morgan fingerprint density at radius 1 is 1.15 bits per heavy atom. The minimum atomic E-state index is -0.820. The van der Waals surface area contributed by atoms with Crippen molar-refractivity contribution in [1.82, 2.24) is 0 Å². The van der Waals surface area contributed by atoms with E-state index in [0.717, 1.165) is 11.6 Å². The number of nitro benzene ring substituents is 1. The van der Waals surface area contributed by atoms with E-state index in [1.807, 2.05) is 13.0 Å². The van der Waals surface area contributed by atoms with Gasteiger partial charge in [0, 0.05) is 11.6 Å². The standard InChI is InChI=1S/C18H18N2O6/c1-11-4-7-16(25-3)14(8-11)19-17(21)10-26-18(22)13-6-5-12(2)15(9-13)20(23)24/h4-9H,10H2,1-3H3,(H,19,21). The second kappa shape index (κ2) is 8.11. The van der Waals surface area contributed by atoms with Gasteiger partial charge < -0.3 is 14.8 Å². The number of esters is 1. The van der Waals surface area contributed by atoms with Crippen LogP contribution in [0.15, 0.2) is 36.4 Å². The predicted octanol–water partition coefficient (Wildman–Crippen LogP) is 3.02. The van der Waals surface area contributed by atoms with Gasteiger partial charge in [-0.15, -0.1) is 0 Å². The lowest BCUT2D eigenvalue weighted by Gasteiger charge is -2.11. The Morgan fingerprint density at radius 3 is 2.54 bits per heavy atom. The van der Waals surface area contributed by atoms with Crippen LogP contribution in [-0.2, 0) is 9.53 Å². The van der Waals surface area contributed by atoms with Crippen LogP contribution in [0.5, 0.6) is 5.75 Å². The topological polar surface area (TPSA) is 108 Å². The average molecular weight is 358 g/mol. The lowest BCUT2D eigenvalue weighted by atomic mass is 10.1. The van der Waals surface area contributed by atoms with Gasteiger partial charge in [-0.3, -0.25) is 14.9 Å². The highest BCUT2D eigenvalue weighted by atomic mass is 16.6. The molecule has 136 valence electrons. The molecule has 0 saturated heterocycles. The van der Waals surface area contributed by atoms with E-state index in [0.29, 0.717) is 17.0 Å². The molecule has 0 aromatic heterocycles. The highest BCUT2D eigenvalue weighted by Gasteiger charge is 2.17. The smallest absolute Gasteiger partial charge is 0.338 e. The first-order chi connectivity index (χ1) is 12.3. The van der Waals surface area contributed by atoms with E-state index in [9.17, 15) is 19.7 Å². The van der Waals surface area contributed by atoms with Gasteiger partial charge in [-0.1, -0.05) is 12.1 Å². The van der Waals surface area contributed by atoms with Gasteiger partial charge in [0.1, 0.15) is 5.75 Å². The molecule has 0 aliphatic heterocycles. The molecule has 0 unspecified atom stereocenters. The molecule has 0 fully saturated rings. The maximum atomic E-state index is 12.0. The van der Waals surface area contributed by atoms with Crippen LogP contribution in [0.25, 0.3) is 0 Å². The summed E-state index contributed by atoms with van der Waals surface area (Å²) in [6.07, 6.45) is 0. The number of rotatable bonds is 6. The van der Waals surface area contributed by atoms with Crippen LogP contribution >= 0.6 is 0 Å².